The number of halogens is 1. The monoisotopic (exact) mass is 351 g/mol. The van der Waals surface area contributed by atoms with E-state index in [1.165, 1.54) is 0 Å². The van der Waals surface area contributed by atoms with Crippen molar-refractivity contribution in [3.8, 4) is 0 Å². The average molecular weight is 352 g/mol. The van der Waals surface area contributed by atoms with E-state index in [9.17, 15) is 4.79 Å². The standard InChI is InChI=1S/C16H18BrNO3/c1-12-3-8-15(21-12)11-18(9-10-20-2)16(19)13-4-6-14(17)7-5-13/h3-8H,9-11H2,1-2H3. The molecule has 4 nitrogen and oxygen atoms in total. The lowest BCUT2D eigenvalue weighted by atomic mass is 10.2. The highest BCUT2D eigenvalue weighted by Gasteiger charge is 2.17. The van der Waals surface area contributed by atoms with Gasteiger partial charge in [-0.2, -0.15) is 0 Å². The second-order valence-electron chi connectivity index (χ2n) is 4.74. The van der Waals surface area contributed by atoms with Crippen LogP contribution in [0.15, 0.2) is 45.3 Å². The summed E-state index contributed by atoms with van der Waals surface area (Å²) in [7, 11) is 1.62. The molecule has 21 heavy (non-hydrogen) atoms. The number of carbonyl (C=O) groups excluding carboxylic acids is 1. The fourth-order valence-corrected chi connectivity index (χ4v) is 2.25. The summed E-state index contributed by atoms with van der Waals surface area (Å²) < 4.78 is 11.6. The van der Waals surface area contributed by atoms with E-state index in [1.54, 1.807) is 24.1 Å². The number of furan rings is 1. The molecule has 2 aromatic rings. The van der Waals surface area contributed by atoms with Gasteiger partial charge in [-0.25, -0.2) is 0 Å². The normalized spacial score (nSPS) is 10.6. The summed E-state index contributed by atoms with van der Waals surface area (Å²) in [5.74, 6) is 1.58. The Hall–Kier alpha value is -1.59. The molecule has 112 valence electrons. The molecule has 0 unspecified atom stereocenters. The number of hydrogen-bond acceptors (Lipinski definition) is 3. The number of nitrogens with zero attached hydrogens (tertiary/aromatic N) is 1. The van der Waals surface area contributed by atoms with Crippen LogP contribution in [0.25, 0.3) is 0 Å². The zero-order valence-electron chi connectivity index (χ0n) is 12.1. The van der Waals surface area contributed by atoms with E-state index in [2.05, 4.69) is 15.9 Å². The number of aryl methyl sites for hydroxylation is 1. The van der Waals surface area contributed by atoms with Crippen molar-refractivity contribution in [2.75, 3.05) is 20.3 Å². The largest absolute Gasteiger partial charge is 0.464 e. The lowest BCUT2D eigenvalue weighted by molar-refractivity contribution is 0.0666. The fourth-order valence-electron chi connectivity index (χ4n) is 1.99. The summed E-state index contributed by atoms with van der Waals surface area (Å²) in [5, 5.41) is 0. The van der Waals surface area contributed by atoms with Crippen LogP contribution >= 0.6 is 15.9 Å². The topological polar surface area (TPSA) is 42.7 Å². The number of methoxy groups -OCH3 is 1. The van der Waals surface area contributed by atoms with Gasteiger partial charge in [0.1, 0.15) is 11.5 Å². The second-order valence-corrected chi connectivity index (χ2v) is 5.65. The number of rotatable bonds is 6. The number of carbonyl (C=O) groups is 1. The summed E-state index contributed by atoms with van der Waals surface area (Å²) in [4.78, 5) is 14.3. The average Bonchev–Trinajstić information content (AvgIpc) is 2.89. The van der Waals surface area contributed by atoms with Gasteiger partial charge in [0.25, 0.3) is 5.91 Å². The lowest BCUT2D eigenvalue weighted by Crippen LogP contribution is -2.33. The van der Waals surface area contributed by atoms with Gasteiger partial charge in [-0.3, -0.25) is 4.79 Å². The molecular formula is C16H18BrNO3. The third-order valence-corrected chi connectivity index (χ3v) is 3.62. The summed E-state index contributed by atoms with van der Waals surface area (Å²) in [6.07, 6.45) is 0. The van der Waals surface area contributed by atoms with Crippen molar-refractivity contribution in [2.24, 2.45) is 0 Å². The van der Waals surface area contributed by atoms with Gasteiger partial charge >= 0.3 is 0 Å². The minimum Gasteiger partial charge on any atom is -0.464 e. The van der Waals surface area contributed by atoms with Gasteiger partial charge in [-0.1, -0.05) is 15.9 Å². The van der Waals surface area contributed by atoms with Crippen LogP contribution in [0.1, 0.15) is 21.9 Å². The van der Waals surface area contributed by atoms with Crippen LogP contribution in [0, 0.1) is 6.92 Å². The number of hydrogen-bond donors (Lipinski definition) is 0. The third kappa shape index (κ3) is 4.44. The van der Waals surface area contributed by atoms with Crippen molar-refractivity contribution in [1.82, 2.24) is 4.90 Å². The van der Waals surface area contributed by atoms with Crippen LogP contribution in [0.3, 0.4) is 0 Å². The molecule has 0 aliphatic rings. The predicted octanol–water partition coefficient (Wildman–Crippen LogP) is 3.64. The van der Waals surface area contributed by atoms with Gasteiger partial charge in [-0.05, 0) is 43.3 Å². The lowest BCUT2D eigenvalue weighted by Gasteiger charge is -2.21. The Morgan fingerprint density at radius 1 is 1.24 bits per heavy atom. The molecule has 1 aromatic heterocycles. The highest BCUT2D eigenvalue weighted by molar-refractivity contribution is 9.10. The summed E-state index contributed by atoms with van der Waals surface area (Å²) in [5.41, 5.74) is 0.651. The van der Waals surface area contributed by atoms with Crippen molar-refractivity contribution in [1.29, 1.82) is 0 Å². The first-order valence-electron chi connectivity index (χ1n) is 6.69. The Morgan fingerprint density at radius 3 is 2.52 bits per heavy atom. The molecule has 5 heteroatoms. The molecule has 0 saturated heterocycles. The van der Waals surface area contributed by atoms with Crippen LogP contribution in [-0.2, 0) is 11.3 Å². The van der Waals surface area contributed by atoms with Crippen LogP contribution in [-0.4, -0.2) is 31.1 Å². The molecule has 0 atom stereocenters. The van der Waals surface area contributed by atoms with E-state index in [-0.39, 0.29) is 5.91 Å². The highest BCUT2D eigenvalue weighted by Crippen LogP contribution is 2.15. The first-order valence-corrected chi connectivity index (χ1v) is 7.48. The van der Waals surface area contributed by atoms with Gasteiger partial charge < -0.3 is 14.1 Å². The summed E-state index contributed by atoms with van der Waals surface area (Å²) in [6.45, 7) is 3.33. The van der Waals surface area contributed by atoms with Crippen LogP contribution in [0.2, 0.25) is 0 Å². The molecule has 1 heterocycles. The van der Waals surface area contributed by atoms with Crippen LogP contribution in [0.5, 0.6) is 0 Å². The number of ether oxygens (including phenoxy) is 1. The molecule has 2 rings (SSSR count). The van der Waals surface area contributed by atoms with Crippen molar-refractivity contribution < 1.29 is 13.9 Å². The molecule has 1 aromatic carbocycles. The summed E-state index contributed by atoms with van der Waals surface area (Å²) >= 11 is 3.37. The Kier molecular flexibility index (Phi) is 5.59. The Labute approximate surface area is 132 Å². The van der Waals surface area contributed by atoms with E-state index in [1.807, 2.05) is 31.2 Å². The zero-order valence-corrected chi connectivity index (χ0v) is 13.7. The molecule has 0 bridgehead atoms. The Balaban J connectivity index is 2.14. The maximum absolute atomic E-state index is 12.6. The molecule has 1 amide bonds. The van der Waals surface area contributed by atoms with E-state index >= 15 is 0 Å². The molecule has 0 aliphatic heterocycles. The Bertz CT molecular complexity index is 592. The maximum Gasteiger partial charge on any atom is 0.254 e. The number of benzene rings is 1. The quantitative estimate of drug-likeness (QED) is 0.797. The van der Waals surface area contributed by atoms with Crippen molar-refractivity contribution in [3.05, 3.63) is 58.0 Å². The van der Waals surface area contributed by atoms with Gasteiger partial charge in [0.15, 0.2) is 0 Å². The second kappa shape index (κ2) is 7.43. The molecule has 0 aliphatic carbocycles. The van der Waals surface area contributed by atoms with Crippen molar-refractivity contribution in [3.63, 3.8) is 0 Å². The molecule has 0 radical (unpaired) electrons. The van der Waals surface area contributed by atoms with Crippen LogP contribution < -0.4 is 0 Å². The van der Waals surface area contributed by atoms with E-state index in [4.69, 9.17) is 9.15 Å². The highest BCUT2D eigenvalue weighted by atomic mass is 79.9. The van der Waals surface area contributed by atoms with Gasteiger partial charge in [-0.15, -0.1) is 0 Å². The molecular weight excluding hydrogens is 334 g/mol. The van der Waals surface area contributed by atoms with Crippen LogP contribution in [0.4, 0.5) is 0 Å². The van der Waals surface area contributed by atoms with Crippen molar-refractivity contribution in [2.45, 2.75) is 13.5 Å². The third-order valence-electron chi connectivity index (χ3n) is 3.09. The fraction of sp³-hybridized carbons (Fsp3) is 0.312. The minimum absolute atomic E-state index is 0.0337. The predicted molar refractivity (Wildman–Crippen MR) is 84.2 cm³/mol. The molecule has 0 saturated carbocycles. The van der Waals surface area contributed by atoms with E-state index < -0.39 is 0 Å². The minimum atomic E-state index is -0.0337. The molecule has 0 spiro atoms. The molecule has 0 fully saturated rings. The zero-order chi connectivity index (χ0) is 15.2. The van der Waals surface area contributed by atoms with Crippen molar-refractivity contribution >= 4 is 21.8 Å². The van der Waals surface area contributed by atoms with Gasteiger partial charge in [0.2, 0.25) is 0 Å². The smallest absolute Gasteiger partial charge is 0.254 e. The van der Waals surface area contributed by atoms with Gasteiger partial charge in [0, 0.05) is 23.7 Å². The Morgan fingerprint density at radius 2 is 1.95 bits per heavy atom. The molecule has 0 N–H and O–H groups in total. The first-order chi connectivity index (χ1) is 10.1. The first kappa shape index (κ1) is 15.8. The summed E-state index contributed by atoms with van der Waals surface area (Å²) in [6, 6.07) is 11.1. The number of amides is 1. The van der Waals surface area contributed by atoms with Gasteiger partial charge in [0.05, 0.1) is 13.2 Å². The van der Waals surface area contributed by atoms with E-state index in [0.29, 0.717) is 25.3 Å². The SMILES string of the molecule is COCCN(Cc1ccc(C)o1)C(=O)c1ccc(Br)cc1. The maximum atomic E-state index is 12.6. The van der Waals surface area contributed by atoms with E-state index in [0.717, 1.165) is 16.0 Å².